The van der Waals surface area contributed by atoms with Crippen molar-refractivity contribution in [2.24, 2.45) is 0 Å². The van der Waals surface area contributed by atoms with Gasteiger partial charge in [0.1, 0.15) is 11.6 Å². The summed E-state index contributed by atoms with van der Waals surface area (Å²) in [5.74, 6) is -1.13. The van der Waals surface area contributed by atoms with E-state index in [2.05, 4.69) is 4.74 Å². The number of rotatable bonds is 4. The molecule has 20 heavy (non-hydrogen) atoms. The number of alkyl halides is 2. The third-order valence-electron chi connectivity index (χ3n) is 2.77. The predicted octanol–water partition coefficient (Wildman–Crippen LogP) is 3.97. The molecule has 0 aliphatic carbocycles. The van der Waals surface area contributed by atoms with Gasteiger partial charge in [0.25, 0.3) is 0 Å². The molecular formula is C15H11F3O2. The van der Waals surface area contributed by atoms with E-state index in [9.17, 15) is 18.0 Å². The van der Waals surface area contributed by atoms with Crippen LogP contribution in [0.3, 0.4) is 0 Å². The van der Waals surface area contributed by atoms with E-state index >= 15 is 0 Å². The second-order valence-corrected chi connectivity index (χ2v) is 4.17. The van der Waals surface area contributed by atoms with Gasteiger partial charge in [0.15, 0.2) is 5.78 Å². The zero-order valence-corrected chi connectivity index (χ0v) is 10.6. The predicted molar refractivity (Wildman–Crippen MR) is 67.6 cm³/mol. The van der Waals surface area contributed by atoms with Gasteiger partial charge in [0.2, 0.25) is 0 Å². The summed E-state index contributed by atoms with van der Waals surface area (Å²) in [6, 6.07) is 9.56. The number of ether oxygens (including phenoxy) is 1. The lowest BCUT2D eigenvalue weighted by atomic mass is 10.0. The molecular weight excluding hydrogens is 269 g/mol. The van der Waals surface area contributed by atoms with Gasteiger partial charge in [-0.05, 0) is 42.8 Å². The fourth-order valence-electron chi connectivity index (χ4n) is 1.79. The number of hydrogen-bond donors (Lipinski definition) is 0. The van der Waals surface area contributed by atoms with Crippen LogP contribution in [-0.4, -0.2) is 12.4 Å². The lowest BCUT2D eigenvalue weighted by Gasteiger charge is -2.10. The maximum Gasteiger partial charge on any atom is 0.387 e. The topological polar surface area (TPSA) is 26.3 Å². The Morgan fingerprint density at radius 1 is 1.15 bits per heavy atom. The molecule has 2 rings (SSSR count). The zero-order valence-electron chi connectivity index (χ0n) is 10.6. The lowest BCUT2D eigenvalue weighted by Crippen LogP contribution is -2.09. The molecule has 0 bridgehead atoms. The standard InChI is InChI=1S/C15H11F3O2/c1-9-8-10(6-7-12(9)16)14(19)11-4-2-3-5-13(11)20-15(17)18/h2-8,15H,1H3. The van der Waals surface area contributed by atoms with Crippen LogP contribution in [0.1, 0.15) is 21.5 Å². The molecule has 0 aromatic heterocycles. The molecule has 5 heteroatoms. The molecule has 0 N–H and O–H groups in total. The first-order valence-electron chi connectivity index (χ1n) is 5.83. The number of hydrogen-bond acceptors (Lipinski definition) is 2. The van der Waals surface area contributed by atoms with Crippen molar-refractivity contribution in [3.8, 4) is 5.75 Å². The van der Waals surface area contributed by atoms with Gasteiger partial charge in [0, 0.05) is 5.56 Å². The Morgan fingerprint density at radius 2 is 1.85 bits per heavy atom. The summed E-state index contributed by atoms with van der Waals surface area (Å²) in [7, 11) is 0. The number of para-hydroxylation sites is 1. The molecule has 104 valence electrons. The summed E-state index contributed by atoms with van der Waals surface area (Å²) in [6.07, 6.45) is 0. The Labute approximate surface area is 113 Å². The third-order valence-corrected chi connectivity index (χ3v) is 2.77. The summed E-state index contributed by atoms with van der Waals surface area (Å²) < 4.78 is 42.1. The number of carbonyl (C=O) groups excluding carboxylic acids is 1. The Morgan fingerprint density at radius 3 is 2.50 bits per heavy atom. The molecule has 0 amide bonds. The van der Waals surface area contributed by atoms with E-state index in [-0.39, 0.29) is 16.9 Å². The highest BCUT2D eigenvalue weighted by Gasteiger charge is 2.17. The van der Waals surface area contributed by atoms with Crippen molar-refractivity contribution in [1.82, 2.24) is 0 Å². The molecule has 0 heterocycles. The van der Waals surface area contributed by atoms with Crippen LogP contribution < -0.4 is 4.74 Å². The fourth-order valence-corrected chi connectivity index (χ4v) is 1.79. The summed E-state index contributed by atoms with van der Waals surface area (Å²) in [5.41, 5.74) is 0.538. The van der Waals surface area contributed by atoms with E-state index in [1.807, 2.05) is 0 Å². The summed E-state index contributed by atoms with van der Waals surface area (Å²) in [4.78, 5) is 12.3. The van der Waals surface area contributed by atoms with E-state index < -0.39 is 18.2 Å². The maximum atomic E-state index is 13.2. The molecule has 0 saturated heterocycles. The lowest BCUT2D eigenvalue weighted by molar-refractivity contribution is -0.0501. The second-order valence-electron chi connectivity index (χ2n) is 4.17. The van der Waals surface area contributed by atoms with Crippen LogP contribution in [-0.2, 0) is 0 Å². The molecule has 0 radical (unpaired) electrons. The smallest absolute Gasteiger partial charge is 0.387 e. The van der Waals surface area contributed by atoms with E-state index in [4.69, 9.17) is 0 Å². The van der Waals surface area contributed by atoms with Crippen LogP contribution in [0.5, 0.6) is 5.75 Å². The molecule has 0 aliphatic rings. The molecule has 0 unspecified atom stereocenters. The van der Waals surface area contributed by atoms with Crippen molar-refractivity contribution in [2.45, 2.75) is 13.5 Å². The van der Waals surface area contributed by atoms with Crippen molar-refractivity contribution in [2.75, 3.05) is 0 Å². The highest BCUT2D eigenvalue weighted by molar-refractivity contribution is 6.10. The normalized spacial score (nSPS) is 10.7. The molecule has 0 fully saturated rings. The van der Waals surface area contributed by atoms with Gasteiger partial charge < -0.3 is 4.74 Å². The summed E-state index contributed by atoms with van der Waals surface area (Å²) in [5, 5.41) is 0. The van der Waals surface area contributed by atoms with Gasteiger partial charge in [-0.2, -0.15) is 8.78 Å². The van der Waals surface area contributed by atoms with Crippen molar-refractivity contribution < 1.29 is 22.7 Å². The highest BCUT2D eigenvalue weighted by Crippen LogP contribution is 2.24. The van der Waals surface area contributed by atoms with Crippen LogP contribution in [0.4, 0.5) is 13.2 Å². The first-order valence-corrected chi connectivity index (χ1v) is 5.83. The van der Waals surface area contributed by atoms with Crippen molar-refractivity contribution in [3.05, 3.63) is 65.0 Å². The minimum atomic E-state index is -3.01. The molecule has 2 nitrogen and oxygen atoms in total. The van der Waals surface area contributed by atoms with E-state index in [1.54, 1.807) is 6.07 Å². The first kappa shape index (κ1) is 14.1. The Bertz CT molecular complexity index is 639. The molecule has 0 saturated carbocycles. The summed E-state index contributed by atoms with van der Waals surface area (Å²) in [6.45, 7) is -1.49. The van der Waals surface area contributed by atoms with Gasteiger partial charge in [-0.3, -0.25) is 4.79 Å². The average Bonchev–Trinajstić information content (AvgIpc) is 2.41. The minimum Gasteiger partial charge on any atom is -0.434 e. The van der Waals surface area contributed by atoms with Crippen molar-refractivity contribution in [3.63, 3.8) is 0 Å². The van der Waals surface area contributed by atoms with Crippen LogP contribution in [0.15, 0.2) is 42.5 Å². The highest BCUT2D eigenvalue weighted by atomic mass is 19.3. The van der Waals surface area contributed by atoms with Crippen LogP contribution in [0.2, 0.25) is 0 Å². The van der Waals surface area contributed by atoms with Crippen LogP contribution in [0, 0.1) is 12.7 Å². The number of ketones is 1. The minimum absolute atomic E-state index is 0.0128. The number of carbonyl (C=O) groups is 1. The summed E-state index contributed by atoms with van der Waals surface area (Å²) >= 11 is 0. The maximum absolute atomic E-state index is 13.2. The SMILES string of the molecule is Cc1cc(C(=O)c2ccccc2OC(F)F)ccc1F. The Hall–Kier alpha value is -2.30. The zero-order chi connectivity index (χ0) is 14.7. The van der Waals surface area contributed by atoms with Gasteiger partial charge in [-0.1, -0.05) is 12.1 Å². The van der Waals surface area contributed by atoms with Crippen LogP contribution in [0.25, 0.3) is 0 Å². The quantitative estimate of drug-likeness (QED) is 0.792. The van der Waals surface area contributed by atoms with E-state index in [1.165, 1.54) is 43.3 Å². The van der Waals surface area contributed by atoms with E-state index in [0.29, 0.717) is 5.56 Å². The molecule has 0 spiro atoms. The van der Waals surface area contributed by atoms with Crippen LogP contribution >= 0.6 is 0 Å². The molecule has 2 aromatic rings. The average molecular weight is 280 g/mol. The Kier molecular flexibility index (Phi) is 4.08. The monoisotopic (exact) mass is 280 g/mol. The van der Waals surface area contributed by atoms with E-state index in [0.717, 1.165) is 0 Å². The third kappa shape index (κ3) is 2.99. The Balaban J connectivity index is 2.40. The van der Waals surface area contributed by atoms with Gasteiger partial charge in [0.05, 0.1) is 5.56 Å². The van der Waals surface area contributed by atoms with Gasteiger partial charge in [-0.25, -0.2) is 4.39 Å². The van der Waals surface area contributed by atoms with Crippen molar-refractivity contribution in [1.29, 1.82) is 0 Å². The first-order chi connectivity index (χ1) is 9.49. The number of aryl methyl sites for hydroxylation is 1. The van der Waals surface area contributed by atoms with Crippen molar-refractivity contribution >= 4 is 5.78 Å². The number of benzene rings is 2. The number of halogens is 3. The largest absolute Gasteiger partial charge is 0.434 e. The second kappa shape index (κ2) is 5.77. The van der Waals surface area contributed by atoms with Gasteiger partial charge in [-0.15, -0.1) is 0 Å². The van der Waals surface area contributed by atoms with Gasteiger partial charge >= 0.3 is 6.61 Å². The molecule has 0 aliphatic heterocycles. The molecule has 0 atom stereocenters. The molecule has 2 aromatic carbocycles. The fraction of sp³-hybridized carbons (Fsp3) is 0.133.